The summed E-state index contributed by atoms with van der Waals surface area (Å²) in [6.07, 6.45) is 0.268. The van der Waals surface area contributed by atoms with Crippen LogP contribution in [0, 0.1) is 11.3 Å². The third-order valence-electron chi connectivity index (χ3n) is 5.48. The van der Waals surface area contributed by atoms with Gasteiger partial charge in [-0.25, -0.2) is 0 Å². The molecule has 9 nitrogen and oxygen atoms in total. The molecule has 0 aliphatic rings. The summed E-state index contributed by atoms with van der Waals surface area (Å²) in [6, 6.07) is 15.7. The molecule has 0 spiro atoms. The molecule has 0 aromatic heterocycles. The largest absolute Gasteiger partial charge is 0.481 e. The van der Waals surface area contributed by atoms with E-state index in [2.05, 4.69) is 10.6 Å². The summed E-state index contributed by atoms with van der Waals surface area (Å²) in [5, 5.41) is 31.9. The predicted molar refractivity (Wildman–Crippen MR) is 128 cm³/mol. The molecule has 0 unspecified atom stereocenters. The van der Waals surface area contributed by atoms with Gasteiger partial charge in [-0.3, -0.25) is 19.8 Å². The van der Waals surface area contributed by atoms with Crippen molar-refractivity contribution in [2.75, 3.05) is 13.2 Å². The molecule has 0 saturated carbocycles. The number of aliphatic hydroxyl groups is 1. The van der Waals surface area contributed by atoms with Gasteiger partial charge in [-0.1, -0.05) is 54.6 Å². The molecular weight excluding hydrogens is 436 g/mol. The molecule has 1 amide bonds. The first kappa shape index (κ1) is 26.7. The Hall–Kier alpha value is -3.56. The van der Waals surface area contributed by atoms with Crippen molar-refractivity contribution in [3.63, 3.8) is 0 Å². The van der Waals surface area contributed by atoms with Crippen LogP contribution >= 0.6 is 0 Å². The first-order valence-electron chi connectivity index (χ1n) is 11.1. The number of aliphatic hydroxyl groups excluding tert-OH is 1. The second-order valence-corrected chi connectivity index (χ2v) is 8.05. The number of hydrogen-bond acceptors (Lipinski definition) is 6. The van der Waals surface area contributed by atoms with E-state index in [0.717, 1.165) is 11.1 Å². The van der Waals surface area contributed by atoms with Crippen LogP contribution in [0.3, 0.4) is 0 Å². The number of amides is 1. The van der Waals surface area contributed by atoms with Crippen LogP contribution in [0.2, 0.25) is 0 Å². The van der Waals surface area contributed by atoms with Crippen LogP contribution < -0.4 is 16.4 Å². The molecule has 2 aromatic rings. The minimum Gasteiger partial charge on any atom is -0.481 e. The summed E-state index contributed by atoms with van der Waals surface area (Å²) in [5.41, 5.74) is 7.87. The Balaban J connectivity index is 1.93. The molecule has 7 N–H and O–H groups in total. The van der Waals surface area contributed by atoms with E-state index in [0.29, 0.717) is 18.5 Å². The number of aliphatic carboxylic acids is 1. The van der Waals surface area contributed by atoms with Gasteiger partial charge in [-0.15, -0.1) is 0 Å². The van der Waals surface area contributed by atoms with Gasteiger partial charge in [0.2, 0.25) is 5.91 Å². The van der Waals surface area contributed by atoms with Gasteiger partial charge < -0.3 is 26.6 Å². The smallest absolute Gasteiger partial charge is 0.303 e. The zero-order valence-electron chi connectivity index (χ0n) is 19.0. The van der Waals surface area contributed by atoms with Gasteiger partial charge in [-0.2, -0.15) is 0 Å². The lowest BCUT2D eigenvalue weighted by Crippen LogP contribution is -2.43. The number of nitrogens with one attached hydrogen (secondary N) is 3. The molecule has 2 rings (SSSR count). The first-order chi connectivity index (χ1) is 16.3. The minimum absolute atomic E-state index is 0.0122. The number of nitrogens with two attached hydrogens (primary N) is 1. The average Bonchev–Trinajstić information content (AvgIpc) is 2.83. The van der Waals surface area contributed by atoms with E-state index in [1.165, 1.54) is 0 Å². The molecule has 0 radical (unpaired) electrons. The maximum absolute atomic E-state index is 12.8. The summed E-state index contributed by atoms with van der Waals surface area (Å²) >= 11 is 0. The predicted octanol–water partition coefficient (Wildman–Crippen LogP) is 1.22. The number of carboxylic acid groups (broad SMARTS) is 1. The molecular formula is C25H32N4O5. The Bertz CT molecular complexity index is 963. The summed E-state index contributed by atoms with van der Waals surface area (Å²) in [7, 11) is 0. The summed E-state index contributed by atoms with van der Waals surface area (Å²) in [4.78, 5) is 36.6. The van der Waals surface area contributed by atoms with E-state index >= 15 is 0 Å². The van der Waals surface area contributed by atoms with E-state index in [1.54, 1.807) is 24.3 Å². The van der Waals surface area contributed by atoms with Crippen molar-refractivity contribution in [1.29, 1.82) is 5.41 Å². The van der Waals surface area contributed by atoms with Crippen LogP contribution in [0.25, 0.3) is 0 Å². The van der Waals surface area contributed by atoms with Gasteiger partial charge in [-0.05, 0) is 30.5 Å². The standard InChI is InChI=1S/C25H32N4O5/c26-24(27)19-8-6-18(7-9-19)15-29-25(34)20(10-11-23(32)33)14-22(31)21(16-30)28-13-12-17-4-2-1-3-5-17/h1-9,20-21,28,30H,10-16H2,(H3,26,27)(H,29,34)(H,32,33)/t20-,21-/m1/s1. The van der Waals surface area contributed by atoms with Crippen molar-refractivity contribution in [3.8, 4) is 0 Å². The fraction of sp³-hybridized carbons (Fsp3) is 0.360. The number of carbonyl (C=O) groups is 3. The second-order valence-electron chi connectivity index (χ2n) is 8.05. The van der Waals surface area contributed by atoms with Gasteiger partial charge in [0.1, 0.15) is 5.84 Å². The molecule has 34 heavy (non-hydrogen) atoms. The van der Waals surface area contributed by atoms with Gasteiger partial charge in [0.05, 0.1) is 12.6 Å². The number of hydrogen-bond donors (Lipinski definition) is 6. The summed E-state index contributed by atoms with van der Waals surface area (Å²) < 4.78 is 0. The number of Topliss-reactive ketones (excluding diaryl/α,β-unsaturated/α-hetero) is 1. The molecule has 2 atom stereocenters. The molecule has 0 bridgehead atoms. The van der Waals surface area contributed by atoms with Crippen LogP contribution in [0.4, 0.5) is 0 Å². The van der Waals surface area contributed by atoms with Crippen molar-refractivity contribution < 1.29 is 24.6 Å². The molecule has 0 fully saturated rings. The van der Waals surface area contributed by atoms with E-state index in [-0.39, 0.29) is 37.4 Å². The number of amidine groups is 1. The Morgan fingerprint density at radius 3 is 2.26 bits per heavy atom. The quantitative estimate of drug-likeness (QED) is 0.169. The van der Waals surface area contributed by atoms with Crippen molar-refractivity contribution >= 4 is 23.5 Å². The fourth-order valence-electron chi connectivity index (χ4n) is 3.46. The number of nitrogen functional groups attached to an aromatic ring is 1. The highest BCUT2D eigenvalue weighted by Gasteiger charge is 2.26. The zero-order valence-corrected chi connectivity index (χ0v) is 19.0. The highest BCUT2D eigenvalue weighted by molar-refractivity contribution is 5.95. The second kappa shape index (κ2) is 13.9. The number of carbonyl (C=O) groups excluding carboxylic acids is 2. The Morgan fingerprint density at radius 2 is 1.68 bits per heavy atom. The third kappa shape index (κ3) is 9.13. The highest BCUT2D eigenvalue weighted by atomic mass is 16.4. The number of ketones is 1. The Kier molecular flexibility index (Phi) is 10.9. The van der Waals surface area contributed by atoms with E-state index in [1.807, 2.05) is 30.3 Å². The lowest BCUT2D eigenvalue weighted by molar-refractivity contribution is -0.138. The van der Waals surface area contributed by atoms with Gasteiger partial charge in [0.15, 0.2) is 5.78 Å². The van der Waals surface area contributed by atoms with Gasteiger partial charge in [0, 0.05) is 30.9 Å². The van der Waals surface area contributed by atoms with Crippen LogP contribution in [-0.2, 0) is 27.3 Å². The molecule has 0 saturated heterocycles. The number of carboxylic acids is 1. The molecule has 0 aliphatic carbocycles. The number of rotatable bonds is 15. The zero-order chi connectivity index (χ0) is 24.9. The molecule has 2 aromatic carbocycles. The molecule has 182 valence electrons. The van der Waals surface area contributed by atoms with Crippen LogP contribution in [-0.4, -0.2) is 52.9 Å². The monoisotopic (exact) mass is 468 g/mol. The van der Waals surface area contributed by atoms with Gasteiger partial charge in [0.25, 0.3) is 0 Å². The summed E-state index contributed by atoms with van der Waals surface area (Å²) in [6.45, 7) is 0.250. The lowest BCUT2D eigenvalue weighted by Gasteiger charge is -2.20. The van der Waals surface area contributed by atoms with Crippen LogP contribution in [0.1, 0.15) is 36.0 Å². The summed E-state index contributed by atoms with van der Waals surface area (Å²) in [5.74, 6) is -2.70. The van der Waals surface area contributed by atoms with E-state index in [9.17, 15) is 19.5 Å². The fourth-order valence-corrected chi connectivity index (χ4v) is 3.46. The maximum atomic E-state index is 12.8. The molecule has 9 heteroatoms. The average molecular weight is 469 g/mol. The third-order valence-corrected chi connectivity index (χ3v) is 5.48. The van der Waals surface area contributed by atoms with Crippen molar-refractivity contribution in [1.82, 2.24) is 10.6 Å². The number of benzene rings is 2. The lowest BCUT2D eigenvalue weighted by atomic mass is 9.93. The normalized spacial score (nSPS) is 12.5. The SMILES string of the molecule is N=C(N)c1ccc(CNC(=O)[C@H](CCC(=O)O)CC(=O)[C@@H](CO)NCCc2ccccc2)cc1. The molecule has 0 aliphatic heterocycles. The van der Waals surface area contributed by atoms with E-state index in [4.69, 9.17) is 16.2 Å². The Morgan fingerprint density at radius 1 is 1.00 bits per heavy atom. The van der Waals surface area contributed by atoms with Crippen molar-refractivity contribution in [2.45, 2.75) is 38.3 Å². The topological polar surface area (TPSA) is 166 Å². The van der Waals surface area contributed by atoms with Crippen molar-refractivity contribution in [3.05, 3.63) is 71.3 Å². The van der Waals surface area contributed by atoms with Crippen LogP contribution in [0.15, 0.2) is 54.6 Å². The van der Waals surface area contributed by atoms with Crippen molar-refractivity contribution in [2.24, 2.45) is 11.7 Å². The first-order valence-corrected chi connectivity index (χ1v) is 11.1. The minimum atomic E-state index is -1.05. The Labute approximate surface area is 198 Å². The van der Waals surface area contributed by atoms with Gasteiger partial charge >= 0.3 is 5.97 Å². The van der Waals surface area contributed by atoms with Crippen LogP contribution in [0.5, 0.6) is 0 Å². The maximum Gasteiger partial charge on any atom is 0.303 e. The highest BCUT2D eigenvalue weighted by Crippen LogP contribution is 2.15. The van der Waals surface area contributed by atoms with E-state index < -0.39 is 30.4 Å². The molecule has 0 heterocycles.